The molecule has 154 valence electrons. The van der Waals surface area contributed by atoms with Crippen LogP contribution in [0.1, 0.15) is 50.9 Å². The van der Waals surface area contributed by atoms with Gasteiger partial charge in [0.25, 0.3) is 11.6 Å². The maximum absolute atomic E-state index is 12.8. The third-order valence-electron chi connectivity index (χ3n) is 5.00. The molecule has 0 bridgehead atoms. The maximum atomic E-state index is 12.8. The van der Waals surface area contributed by atoms with Gasteiger partial charge in [-0.2, -0.15) is 0 Å². The van der Waals surface area contributed by atoms with E-state index in [9.17, 15) is 19.7 Å². The number of hydrogen-bond donors (Lipinski definition) is 1. The summed E-state index contributed by atoms with van der Waals surface area (Å²) in [5.74, 6) is -0.0201. The predicted molar refractivity (Wildman–Crippen MR) is 109 cm³/mol. The highest BCUT2D eigenvalue weighted by Gasteiger charge is 2.26. The Morgan fingerprint density at radius 1 is 1.32 bits per heavy atom. The fraction of sp³-hybridized carbons (Fsp3) is 0.600. The zero-order valence-corrected chi connectivity index (χ0v) is 17.1. The highest BCUT2D eigenvalue weighted by molar-refractivity contribution is 5.97. The molecule has 28 heavy (non-hydrogen) atoms. The molecular formula is C20H30N4O4. The normalized spacial score (nSPS) is 14.8. The molecule has 1 aromatic rings. The molecule has 1 aliphatic heterocycles. The van der Waals surface area contributed by atoms with Crippen LogP contribution in [0.5, 0.6) is 0 Å². The van der Waals surface area contributed by atoms with Crippen molar-refractivity contribution in [1.82, 2.24) is 10.2 Å². The highest BCUT2D eigenvalue weighted by atomic mass is 16.6. The summed E-state index contributed by atoms with van der Waals surface area (Å²) >= 11 is 0. The molecule has 0 spiro atoms. The van der Waals surface area contributed by atoms with Crippen molar-refractivity contribution in [3.8, 4) is 0 Å². The number of nitro groups is 1. The smallest absolute Gasteiger partial charge is 0.293 e. The van der Waals surface area contributed by atoms with E-state index >= 15 is 0 Å². The first-order valence-electron chi connectivity index (χ1n) is 9.85. The van der Waals surface area contributed by atoms with Crippen LogP contribution in [-0.2, 0) is 4.79 Å². The Labute approximate surface area is 166 Å². The van der Waals surface area contributed by atoms with Crippen LogP contribution in [0, 0.1) is 16.0 Å². The van der Waals surface area contributed by atoms with Crippen LogP contribution in [0.4, 0.5) is 11.4 Å². The molecule has 1 heterocycles. The number of carbonyl (C=O) groups excluding carboxylic acids is 2. The fourth-order valence-corrected chi connectivity index (χ4v) is 3.37. The molecule has 0 radical (unpaired) electrons. The van der Waals surface area contributed by atoms with Crippen molar-refractivity contribution in [3.63, 3.8) is 0 Å². The minimum Gasteiger partial charge on any atom is -0.366 e. The van der Waals surface area contributed by atoms with Gasteiger partial charge in [0.15, 0.2) is 0 Å². The Morgan fingerprint density at radius 2 is 1.96 bits per heavy atom. The van der Waals surface area contributed by atoms with E-state index in [0.717, 1.165) is 25.9 Å². The summed E-state index contributed by atoms with van der Waals surface area (Å²) in [7, 11) is 0. The molecule has 2 rings (SSSR count). The Bertz CT molecular complexity index is 727. The van der Waals surface area contributed by atoms with Gasteiger partial charge in [0.05, 0.1) is 11.5 Å². The van der Waals surface area contributed by atoms with Gasteiger partial charge in [-0.1, -0.05) is 6.92 Å². The molecule has 1 fully saturated rings. The van der Waals surface area contributed by atoms with E-state index in [4.69, 9.17) is 0 Å². The number of carbonyl (C=O) groups is 2. The van der Waals surface area contributed by atoms with Gasteiger partial charge in [0.2, 0.25) is 5.91 Å². The van der Waals surface area contributed by atoms with Gasteiger partial charge in [0, 0.05) is 37.3 Å². The van der Waals surface area contributed by atoms with Gasteiger partial charge in [0.1, 0.15) is 5.69 Å². The van der Waals surface area contributed by atoms with Crippen LogP contribution in [-0.4, -0.2) is 53.9 Å². The maximum Gasteiger partial charge on any atom is 0.293 e. The van der Waals surface area contributed by atoms with Crippen molar-refractivity contribution in [2.45, 2.75) is 46.6 Å². The Kier molecular flexibility index (Phi) is 7.37. The summed E-state index contributed by atoms with van der Waals surface area (Å²) < 4.78 is 0. The van der Waals surface area contributed by atoms with Crippen molar-refractivity contribution < 1.29 is 14.5 Å². The molecule has 8 nitrogen and oxygen atoms in total. The van der Waals surface area contributed by atoms with Gasteiger partial charge in [-0.3, -0.25) is 19.7 Å². The van der Waals surface area contributed by atoms with E-state index in [1.165, 1.54) is 11.0 Å². The number of nitrogens with zero attached hydrogens (tertiary/aromatic N) is 3. The molecule has 1 saturated heterocycles. The largest absolute Gasteiger partial charge is 0.366 e. The number of nitro benzene ring substituents is 1. The van der Waals surface area contributed by atoms with Crippen LogP contribution in [0.15, 0.2) is 18.2 Å². The number of likely N-dealkylation sites (N-methyl/N-ethyl adjacent to an activating group) is 1. The topological polar surface area (TPSA) is 95.8 Å². The zero-order valence-electron chi connectivity index (χ0n) is 17.1. The first-order chi connectivity index (χ1) is 13.2. The van der Waals surface area contributed by atoms with Gasteiger partial charge in [-0.15, -0.1) is 0 Å². The lowest BCUT2D eigenvalue weighted by atomic mass is 9.98. The SMILES string of the molecule is CCN(CC(=O)NC(C)C)C(=O)c1ccc(N2CCC(C)CC2)c([N+](=O)[O-])c1. The zero-order chi connectivity index (χ0) is 20.8. The molecule has 1 N–H and O–H groups in total. The number of amides is 2. The summed E-state index contributed by atoms with van der Waals surface area (Å²) in [6.07, 6.45) is 1.98. The summed E-state index contributed by atoms with van der Waals surface area (Å²) in [4.78, 5) is 39.4. The molecule has 0 atom stereocenters. The molecular weight excluding hydrogens is 360 g/mol. The number of piperidine rings is 1. The first-order valence-corrected chi connectivity index (χ1v) is 9.85. The van der Waals surface area contributed by atoms with E-state index in [2.05, 4.69) is 12.2 Å². The van der Waals surface area contributed by atoms with E-state index < -0.39 is 4.92 Å². The second kappa shape index (κ2) is 9.52. The number of anilines is 1. The molecule has 1 aromatic carbocycles. The Balaban J connectivity index is 2.22. The van der Waals surface area contributed by atoms with E-state index in [1.54, 1.807) is 19.1 Å². The highest BCUT2D eigenvalue weighted by Crippen LogP contribution is 2.32. The lowest BCUT2D eigenvalue weighted by Crippen LogP contribution is -2.42. The van der Waals surface area contributed by atoms with Gasteiger partial charge in [-0.25, -0.2) is 0 Å². The quantitative estimate of drug-likeness (QED) is 0.570. The third-order valence-corrected chi connectivity index (χ3v) is 5.00. The lowest BCUT2D eigenvalue weighted by molar-refractivity contribution is -0.384. The van der Waals surface area contributed by atoms with Crippen LogP contribution < -0.4 is 10.2 Å². The number of hydrogen-bond acceptors (Lipinski definition) is 5. The minimum atomic E-state index is -0.439. The monoisotopic (exact) mass is 390 g/mol. The summed E-state index contributed by atoms with van der Waals surface area (Å²) in [5.41, 5.74) is 0.706. The van der Waals surface area contributed by atoms with E-state index in [0.29, 0.717) is 18.2 Å². The molecule has 0 unspecified atom stereocenters. The standard InChI is InChI=1S/C20H30N4O4/c1-5-22(13-19(25)21-14(2)3)20(26)16-6-7-17(18(12-16)24(27)28)23-10-8-15(4)9-11-23/h6-7,12,14-15H,5,8-11,13H2,1-4H3,(H,21,25). The van der Waals surface area contributed by atoms with E-state index in [-0.39, 0.29) is 35.7 Å². The lowest BCUT2D eigenvalue weighted by Gasteiger charge is -2.31. The summed E-state index contributed by atoms with van der Waals surface area (Å²) in [6.45, 7) is 9.45. The van der Waals surface area contributed by atoms with Crippen molar-refractivity contribution in [3.05, 3.63) is 33.9 Å². The van der Waals surface area contributed by atoms with Crippen molar-refractivity contribution in [2.24, 2.45) is 5.92 Å². The van der Waals surface area contributed by atoms with Crippen molar-refractivity contribution in [2.75, 3.05) is 31.1 Å². The van der Waals surface area contributed by atoms with Crippen LogP contribution in [0.25, 0.3) is 0 Å². The molecule has 8 heteroatoms. The molecule has 2 amide bonds. The van der Waals surface area contributed by atoms with Crippen LogP contribution in [0.2, 0.25) is 0 Å². The fourth-order valence-electron chi connectivity index (χ4n) is 3.37. The predicted octanol–water partition coefficient (Wildman–Crippen LogP) is 2.82. The summed E-state index contributed by atoms with van der Waals surface area (Å²) in [5, 5.41) is 14.4. The number of rotatable bonds is 7. The molecule has 0 saturated carbocycles. The molecule has 1 aliphatic rings. The number of nitrogens with one attached hydrogen (secondary N) is 1. The average Bonchev–Trinajstić information content (AvgIpc) is 2.65. The summed E-state index contributed by atoms with van der Waals surface area (Å²) in [6, 6.07) is 4.59. The van der Waals surface area contributed by atoms with E-state index in [1.807, 2.05) is 18.7 Å². The average molecular weight is 390 g/mol. The molecule has 0 aromatic heterocycles. The third kappa shape index (κ3) is 5.43. The minimum absolute atomic E-state index is 0.0195. The van der Waals surface area contributed by atoms with Crippen LogP contribution in [0.3, 0.4) is 0 Å². The number of benzene rings is 1. The van der Waals surface area contributed by atoms with Gasteiger partial charge >= 0.3 is 0 Å². The Hall–Kier alpha value is -2.64. The Morgan fingerprint density at radius 3 is 2.50 bits per heavy atom. The van der Waals surface area contributed by atoms with Gasteiger partial charge < -0.3 is 15.1 Å². The first kappa shape index (κ1) is 21.7. The molecule has 0 aliphatic carbocycles. The van der Waals surface area contributed by atoms with Crippen LogP contribution >= 0.6 is 0 Å². The second-order valence-electron chi connectivity index (χ2n) is 7.67. The second-order valence-corrected chi connectivity index (χ2v) is 7.67. The van der Waals surface area contributed by atoms with Gasteiger partial charge in [-0.05, 0) is 51.7 Å². The van der Waals surface area contributed by atoms with Crippen molar-refractivity contribution >= 4 is 23.2 Å². The van der Waals surface area contributed by atoms with Crippen molar-refractivity contribution in [1.29, 1.82) is 0 Å².